The molecular formula is C19H18F2N2O3. The summed E-state index contributed by atoms with van der Waals surface area (Å²) in [5, 5.41) is 4.76. The number of nitrogens with one attached hydrogen (secondary N) is 2. The van der Waals surface area contributed by atoms with E-state index in [9.17, 15) is 18.4 Å². The lowest BCUT2D eigenvalue weighted by Crippen LogP contribution is -2.41. The topological polar surface area (TPSA) is 67.4 Å². The third kappa shape index (κ3) is 5.41. The summed E-state index contributed by atoms with van der Waals surface area (Å²) in [6.45, 7) is 1.45. The fraction of sp³-hybridized carbons (Fsp3) is 0.158. The Morgan fingerprint density at radius 1 is 1.12 bits per heavy atom. The lowest BCUT2D eigenvalue weighted by Gasteiger charge is -2.13. The second-order valence-electron chi connectivity index (χ2n) is 5.45. The number of ether oxygens (including phenoxy) is 1. The number of rotatable bonds is 6. The second-order valence-corrected chi connectivity index (χ2v) is 5.45. The predicted molar refractivity (Wildman–Crippen MR) is 94.6 cm³/mol. The highest BCUT2D eigenvalue weighted by atomic mass is 19.1. The molecule has 2 aromatic carbocycles. The summed E-state index contributed by atoms with van der Waals surface area (Å²) in [6, 6.07) is 8.95. The molecule has 0 aliphatic rings. The summed E-state index contributed by atoms with van der Waals surface area (Å²) >= 11 is 0. The van der Waals surface area contributed by atoms with Gasteiger partial charge in [-0.15, -0.1) is 0 Å². The third-order valence-electron chi connectivity index (χ3n) is 3.48. The smallest absolute Gasteiger partial charge is 0.246 e. The maximum absolute atomic E-state index is 13.5. The Morgan fingerprint density at radius 2 is 1.81 bits per heavy atom. The van der Waals surface area contributed by atoms with Gasteiger partial charge in [0.1, 0.15) is 23.4 Å². The van der Waals surface area contributed by atoms with Crippen LogP contribution in [0.4, 0.5) is 14.5 Å². The van der Waals surface area contributed by atoms with Gasteiger partial charge in [-0.1, -0.05) is 12.1 Å². The summed E-state index contributed by atoms with van der Waals surface area (Å²) in [4.78, 5) is 23.9. The van der Waals surface area contributed by atoms with E-state index < -0.39 is 29.5 Å². The van der Waals surface area contributed by atoms with E-state index in [1.165, 1.54) is 13.0 Å². The van der Waals surface area contributed by atoms with Crippen LogP contribution in [-0.4, -0.2) is 25.0 Å². The molecule has 0 bridgehead atoms. The Labute approximate surface area is 149 Å². The lowest BCUT2D eigenvalue weighted by atomic mass is 10.2. The number of halogens is 2. The molecule has 0 aromatic heterocycles. The van der Waals surface area contributed by atoms with Crippen LogP contribution in [0.3, 0.4) is 0 Å². The van der Waals surface area contributed by atoms with Gasteiger partial charge in [0.05, 0.1) is 12.8 Å². The van der Waals surface area contributed by atoms with Crippen LogP contribution in [0.5, 0.6) is 5.75 Å². The van der Waals surface area contributed by atoms with E-state index in [-0.39, 0.29) is 5.69 Å². The van der Waals surface area contributed by atoms with Crippen molar-refractivity contribution in [2.75, 3.05) is 12.4 Å². The van der Waals surface area contributed by atoms with Crippen LogP contribution in [0, 0.1) is 11.6 Å². The number of methoxy groups -OCH3 is 1. The lowest BCUT2D eigenvalue weighted by molar-refractivity contribution is -0.123. The summed E-state index contributed by atoms with van der Waals surface area (Å²) < 4.78 is 31.4. The quantitative estimate of drug-likeness (QED) is 0.778. The molecule has 0 aliphatic heterocycles. The zero-order valence-electron chi connectivity index (χ0n) is 14.3. The van der Waals surface area contributed by atoms with Crippen molar-refractivity contribution in [3.05, 3.63) is 65.7 Å². The maximum Gasteiger partial charge on any atom is 0.246 e. The number of amides is 2. The van der Waals surface area contributed by atoms with Crippen molar-refractivity contribution >= 4 is 23.6 Å². The van der Waals surface area contributed by atoms with Crippen molar-refractivity contribution in [1.29, 1.82) is 0 Å². The minimum Gasteiger partial charge on any atom is -0.497 e. The first kappa shape index (κ1) is 19.1. The molecule has 0 fully saturated rings. The molecule has 0 saturated heterocycles. The molecule has 1 atom stereocenters. The van der Waals surface area contributed by atoms with Crippen molar-refractivity contribution in [2.45, 2.75) is 13.0 Å². The Bertz CT molecular complexity index is 820. The average Bonchev–Trinajstić information content (AvgIpc) is 2.62. The predicted octanol–water partition coefficient (Wildman–Crippen LogP) is 3.13. The van der Waals surface area contributed by atoms with Gasteiger partial charge in [0, 0.05) is 12.1 Å². The van der Waals surface area contributed by atoms with E-state index in [4.69, 9.17) is 4.74 Å². The zero-order valence-corrected chi connectivity index (χ0v) is 14.3. The summed E-state index contributed by atoms with van der Waals surface area (Å²) in [5.41, 5.74) is 0.623. The SMILES string of the molecule is COc1ccc(/C=C/C(=O)NC(C)C(=O)Nc2ccc(F)cc2F)cc1. The van der Waals surface area contributed by atoms with Gasteiger partial charge in [-0.25, -0.2) is 8.78 Å². The minimum atomic E-state index is -0.910. The van der Waals surface area contributed by atoms with Gasteiger partial charge in [0.25, 0.3) is 0 Å². The highest BCUT2D eigenvalue weighted by molar-refractivity contribution is 5.99. The average molecular weight is 360 g/mol. The second kappa shape index (κ2) is 8.75. The third-order valence-corrected chi connectivity index (χ3v) is 3.48. The molecule has 0 spiro atoms. The van der Waals surface area contributed by atoms with Crippen molar-refractivity contribution in [2.24, 2.45) is 0 Å². The van der Waals surface area contributed by atoms with Gasteiger partial charge in [-0.05, 0) is 42.8 Å². The first-order valence-corrected chi connectivity index (χ1v) is 7.77. The molecule has 0 radical (unpaired) electrons. The Balaban J connectivity index is 1.90. The molecule has 26 heavy (non-hydrogen) atoms. The van der Waals surface area contributed by atoms with Crippen molar-refractivity contribution in [3.63, 3.8) is 0 Å². The Hall–Kier alpha value is -3.22. The number of hydrogen-bond acceptors (Lipinski definition) is 3. The van der Waals surface area contributed by atoms with Crippen LogP contribution in [0.2, 0.25) is 0 Å². The highest BCUT2D eigenvalue weighted by Gasteiger charge is 2.16. The first-order chi connectivity index (χ1) is 12.4. The Morgan fingerprint density at radius 3 is 2.42 bits per heavy atom. The Kier molecular flexibility index (Phi) is 6.43. The molecule has 0 heterocycles. The van der Waals surface area contributed by atoms with Crippen molar-refractivity contribution in [3.8, 4) is 5.75 Å². The molecule has 0 aliphatic carbocycles. The molecule has 2 N–H and O–H groups in total. The highest BCUT2D eigenvalue weighted by Crippen LogP contribution is 2.15. The van der Waals surface area contributed by atoms with Crippen molar-refractivity contribution in [1.82, 2.24) is 5.32 Å². The van der Waals surface area contributed by atoms with E-state index >= 15 is 0 Å². The number of carbonyl (C=O) groups excluding carboxylic acids is 2. The fourth-order valence-electron chi connectivity index (χ4n) is 2.05. The van der Waals surface area contributed by atoms with Crippen LogP contribution < -0.4 is 15.4 Å². The van der Waals surface area contributed by atoms with E-state index in [1.54, 1.807) is 37.5 Å². The minimum absolute atomic E-state index is 0.161. The zero-order chi connectivity index (χ0) is 19.1. The number of anilines is 1. The monoisotopic (exact) mass is 360 g/mol. The van der Waals surface area contributed by atoms with E-state index in [0.717, 1.165) is 17.7 Å². The normalized spacial score (nSPS) is 11.8. The van der Waals surface area contributed by atoms with Gasteiger partial charge in [-0.3, -0.25) is 9.59 Å². The van der Waals surface area contributed by atoms with E-state index in [1.807, 2.05) is 0 Å². The van der Waals surface area contributed by atoms with Gasteiger partial charge < -0.3 is 15.4 Å². The van der Waals surface area contributed by atoms with Gasteiger partial charge in [0.15, 0.2) is 0 Å². The van der Waals surface area contributed by atoms with Crippen LogP contribution in [-0.2, 0) is 9.59 Å². The van der Waals surface area contributed by atoms with Gasteiger partial charge in [0.2, 0.25) is 11.8 Å². The van der Waals surface area contributed by atoms with Gasteiger partial charge >= 0.3 is 0 Å². The summed E-state index contributed by atoms with van der Waals surface area (Å²) in [7, 11) is 1.56. The molecule has 136 valence electrons. The molecular weight excluding hydrogens is 342 g/mol. The molecule has 2 aromatic rings. The number of benzene rings is 2. The van der Waals surface area contributed by atoms with Gasteiger partial charge in [-0.2, -0.15) is 0 Å². The number of carbonyl (C=O) groups is 2. The molecule has 2 amide bonds. The molecule has 5 nitrogen and oxygen atoms in total. The maximum atomic E-state index is 13.5. The molecule has 1 unspecified atom stereocenters. The fourth-order valence-corrected chi connectivity index (χ4v) is 2.05. The van der Waals surface area contributed by atoms with E-state index in [0.29, 0.717) is 11.8 Å². The first-order valence-electron chi connectivity index (χ1n) is 7.77. The molecule has 2 rings (SSSR count). The summed E-state index contributed by atoms with van der Waals surface area (Å²) in [6.07, 6.45) is 2.86. The van der Waals surface area contributed by atoms with Crippen LogP contribution >= 0.6 is 0 Å². The van der Waals surface area contributed by atoms with Crippen molar-refractivity contribution < 1.29 is 23.1 Å². The van der Waals surface area contributed by atoms with Crippen LogP contribution in [0.25, 0.3) is 6.08 Å². The van der Waals surface area contributed by atoms with Crippen LogP contribution in [0.1, 0.15) is 12.5 Å². The standard InChI is InChI=1S/C19H18F2N2O3/c1-12(19(25)23-17-9-6-14(20)11-16(17)21)22-18(24)10-5-13-3-7-15(26-2)8-4-13/h3-12H,1-2H3,(H,22,24)(H,23,25)/b10-5+. The molecule has 7 heteroatoms. The largest absolute Gasteiger partial charge is 0.497 e. The van der Waals surface area contributed by atoms with Crippen LogP contribution in [0.15, 0.2) is 48.5 Å². The summed E-state index contributed by atoms with van der Waals surface area (Å²) in [5.74, 6) is -2.04. The molecule has 0 saturated carbocycles. The number of hydrogen-bond donors (Lipinski definition) is 2. The van der Waals surface area contributed by atoms with E-state index in [2.05, 4.69) is 10.6 Å².